The van der Waals surface area contributed by atoms with Gasteiger partial charge in [-0.15, -0.1) is 0 Å². The van der Waals surface area contributed by atoms with Crippen molar-refractivity contribution in [3.8, 4) is 5.69 Å². The summed E-state index contributed by atoms with van der Waals surface area (Å²) in [5, 5.41) is 2.84. The molecule has 8 nitrogen and oxygen atoms in total. The number of rotatable bonds is 5. The van der Waals surface area contributed by atoms with Gasteiger partial charge in [-0.3, -0.25) is 9.36 Å². The molecule has 3 N–H and O–H groups in total. The van der Waals surface area contributed by atoms with E-state index in [1.165, 1.54) is 35.0 Å². The summed E-state index contributed by atoms with van der Waals surface area (Å²) in [6, 6.07) is 12.1. The number of carbonyl (C=O) groups is 1. The third-order valence-electron chi connectivity index (χ3n) is 3.72. The van der Waals surface area contributed by atoms with Crippen LogP contribution in [0.15, 0.2) is 70.6 Å². The van der Waals surface area contributed by atoms with Gasteiger partial charge >= 0.3 is 5.69 Å². The van der Waals surface area contributed by atoms with Crippen molar-refractivity contribution in [3.05, 3.63) is 77.0 Å². The molecule has 1 amide bonds. The Morgan fingerprint density at radius 3 is 2.46 bits per heavy atom. The number of nitrogens with one attached hydrogen (secondary N) is 3. The molecular weight excluding hydrogens is 356 g/mol. The quantitative estimate of drug-likeness (QED) is 0.625. The number of amides is 1. The molecule has 0 saturated carbocycles. The number of benzene rings is 2. The molecule has 0 aliphatic carbocycles. The molecule has 0 bridgehead atoms. The van der Waals surface area contributed by atoms with E-state index in [2.05, 4.69) is 10.3 Å². The highest BCUT2D eigenvalue weighted by Gasteiger charge is 2.19. The van der Waals surface area contributed by atoms with E-state index in [0.717, 1.165) is 0 Å². The van der Waals surface area contributed by atoms with Gasteiger partial charge in [0.05, 0.1) is 10.6 Å². The first-order valence-electron chi connectivity index (χ1n) is 7.62. The van der Waals surface area contributed by atoms with Crippen LogP contribution in [0, 0.1) is 0 Å². The molecule has 1 heterocycles. The van der Waals surface area contributed by atoms with Crippen LogP contribution in [0.5, 0.6) is 0 Å². The molecule has 1 aromatic heterocycles. The molecule has 9 heteroatoms. The van der Waals surface area contributed by atoms with Gasteiger partial charge in [0.1, 0.15) is 0 Å². The van der Waals surface area contributed by atoms with Gasteiger partial charge < -0.3 is 10.3 Å². The van der Waals surface area contributed by atoms with Crippen LogP contribution in [0.3, 0.4) is 0 Å². The average Bonchev–Trinajstić information content (AvgIpc) is 3.07. The van der Waals surface area contributed by atoms with E-state index in [4.69, 9.17) is 0 Å². The normalized spacial score (nSPS) is 11.1. The minimum atomic E-state index is -4.00. The van der Waals surface area contributed by atoms with Gasteiger partial charge in [-0.25, -0.2) is 17.9 Å². The summed E-state index contributed by atoms with van der Waals surface area (Å²) in [5.41, 5.74) is 1.01. The lowest BCUT2D eigenvalue weighted by molar-refractivity contribution is 0.0981. The fourth-order valence-corrected chi connectivity index (χ4v) is 3.38. The van der Waals surface area contributed by atoms with Crippen molar-refractivity contribution in [2.75, 3.05) is 12.4 Å². The maximum atomic E-state index is 12.4. The zero-order chi connectivity index (χ0) is 18.7. The van der Waals surface area contributed by atoms with Gasteiger partial charge in [0.15, 0.2) is 0 Å². The number of aromatic nitrogens is 2. The highest BCUT2D eigenvalue weighted by atomic mass is 32.2. The molecule has 0 saturated heterocycles. The summed E-state index contributed by atoms with van der Waals surface area (Å²) in [4.78, 5) is 26.3. The molecule has 134 valence electrons. The maximum absolute atomic E-state index is 12.4. The van der Waals surface area contributed by atoms with E-state index in [9.17, 15) is 18.0 Å². The Bertz CT molecular complexity index is 1100. The molecule has 2 aromatic carbocycles. The minimum Gasteiger partial charge on any atom is -0.388 e. The first-order chi connectivity index (χ1) is 12.4. The van der Waals surface area contributed by atoms with Gasteiger partial charge in [0.2, 0.25) is 0 Å². The van der Waals surface area contributed by atoms with Gasteiger partial charge in [0.25, 0.3) is 15.9 Å². The van der Waals surface area contributed by atoms with Crippen LogP contribution in [-0.4, -0.2) is 30.9 Å². The van der Waals surface area contributed by atoms with Crippen molar-refractivity contribution in [2.45, 2.75) is 4.90 Å². The van der Waals surface area contributed by atoms with Crippen molar-refractivity contribution >= 4 is 21.6 Å². The minimum absolute atomic E-state index is 0.0202. The molecule has 0 aliphatic rings. The number of carbonyl (C=O) groups excluding carboxylic acids is 1. The van der Waals surface area contributed by atoms with E-state index in [-0.39, 0.29) is 16.1 Å². The molecule has 0 fully saturated rings. The summed E-state index contributed by atoms with van der Waals surface area (Å²) < 4.78 is 28.1. The van der Waals surface area contributed by atoms with Gasteiger partial charge in [-0.05, 0) is 42.5 Å². The van der Waals surface area contributed by atoms with Crippen LogP contribution in [0.25, 0.3) is 5.69 Å². The van der Waals surface area contributed by atoms with E-state index < -0.39 is 15.9 Å². The summed E-state index contributed by atoms with van der Waals surface area (Å²) in [7, 11) is -2.33. The third-order valence-corrected chi connectivity index (χ3v) is 5.05. The number of imidazole rings is 1. The van der Waals surface area contributed by atoms with E-state index >= 15 is 0 Å². The molecule has 0 unspecified atom stereocenters. The topological polar surface area (TPSA) is 113 Å². The fraction of sp³-hybridized carbons (Fsp3) is 0.0588. The standard InChI is InChI=1S/C17H16N4O4S/c1-18-13-3-2-4-15(11-13)26(24,25)20-16(22)12-5-7-14(8-6-12)21-10-9-19-17(21)23/h2-11,18H,1H3,(H,19,23)(H,20,22). The van der Waals surface area contributed by atoms with Crippen molar-refractivity contribution in [1.29, 1.82) is 0 Å². The number of H-pyrrole nitrogens is 1. The molecular formula is C17H16N4O4S. The lowest BCUT2D eigenvalue weighted by atomic mass is 10.2. The number of sulfonamides is 1. The molecule has 0 atom stereocenters. The van der Waals surface area contributed by atoms with Crippen molar-refractivity contribution in [1.82, 2.24) is 14.3 Å². The van der Waals surface area contributed by atoms with Crippen molar-refractivity contribution < 1.29 is 13.2 Å². The number of hydrogen-bond donors (Lipinski definition) is 3. The van der Waals surface area contributed by atoms with Crippen LogP contribution in [0.2, 0.25) is 0 Å². The van der Waals surface area contributed by atoms with E-state index in [1.807, 2.05) is 4.72 Å². The second-order valence-electron chi connectivity index (χ2n) is 5.39. The van der Waals surface area contributed by atoms with Crippen LogP contribution in [-0.2, 0) is 10.0 Å². The highest BCUT2D eigenvalue weighted by molar-refractivity contribution is 7.90. The SMILES string of the molecule is CNc1cccc(S(=O)(=O)NC(=O)c2ccc(-n3cc[nH]c3=O)cc2)c1. The van der Waals surface area contributed by atoms with Crippen molar-refractivity contribution in [3.63, 3.8) is 0 Å². The Hall–Kier alpha value is -3.33. The molecule has 0 radical (unpaired) electrons. The predicted molar refractivity (Wildman–Crippen MR) is 97.0 cm³/mol. The van der Waals surface area contributed by atoms with Gasteiger partial charge in [0, 0.05) is 30.7 Å². The van der Waals surface area contributed by atoms with Crippen LogP contribution in [0.4, 0.5) is 5.69 Å². The molecule has 26 heavy (non-hydrogen) atoms. The Morgan fingerprint density at radius 2 is 1.85 bits per heavy atom. The highest BCUT2D eigenvalue weighted by Crippen LogP contribution is 2.15. The average molecular weight is 372 g/mol. The van der Waals surface area contributed by atoms with Gasteiger partial charge in [-0.1, -0.05) is 6.07 Å². The number of hydrogen-bond acceptors (Lipinski definition) is 5. The third kappa shape index (κ3) is 3.52. The lowest BCUT2D eigenvalue weighted by Gasteiger charge is -2.09. The number of aromatic amines is 1. The zero-order valence-corrected chi connectivity index (χ0v) is 14.6. The number of anilines is 1. The summed E-state index contributed by atoms with van der Waals surface area (Å²) >= 11 is 0. The van der Waals surface area contributed by atoms with Crippen LogP contribution in [0.1, 0.15) is 10.4 Å². The smallest absolute Gasteiger partial charge is 0.330 e. The first kappa shape index (κ1) is 17.5. The second-order valence-corrected chi connectivity index (χ2v) is 7.08. The largest absolute Gasteiger partial charge is 0.388 e. The fourth-order valence-electron chi connectivity index (χ4n) is 2.36. The predicted octanol–water partition coefficient (Wildman–Crippen LogP) is 1.33. The van der Waals surface area contributed by atoms with Crippen LogP contribution >= 0.6 is 0 Å². The molecule has 0 aliphatic heterocycles. The van der Waals surface area contributed by atoms with E-state index in [0.29, 0.717) is 11.4 Å². The molecule has 3 aromatic rings. The Labute approximate surface area is 149 Å². The summed E-state index contributed by atoms with van der Waals surface area (Å²) in [6.07, 6.45) is 3.05. The summed E-state index contributed by atoms with van der Waals surface area (Å²) in [5.74, 6) is -0.757. The van der Waals surface area contributed by atoms with Crippen molar-refractivity contribution in [2.24, 2.45) is 0 Å². The monoisotopic (exact) mass is 372 g/mol. The summed E-state index contributed by atoms with van der Waals surface area (Å²) in [6.45, 7) is 0. The lowest BCUT2D eigenvalue weighted by Crippen LogP contribution is -2.30. The Kier molecular flexibility index (Phi) is 4.63. The number of nitrogens with zero attached hydrogens (tertiary/aromatic N) is 1. The second kappa shape index (κ2) is 6.89. The Balaban J connectivity index is 1.81. The molecule has 3 rings (SSSR count). The van der Waals surface area contributed by atoms with Gasteiger partial charge in [-0.2, -0.15) is 0 Å². The maximum Gasteiger partial charge on any atom is 0.330 e. The van der Waals surface area contributed by atoms with Crippen LogP contribution < -0.4 is 15.7 Å². The zero-order valence-electron chi connectivity index (χ0n) is 13.8. The Morgan fingerprint density at radius 1 is 1.12 bits per heavy atom. The molecule has 0 spiro atoms. The van der Waals surface area contributed by atoms with E-state index in [1.54, 1.807) is 37.5 Å². The first-order valence-corrected chi connectivity index (χ1v) is 9.10.